The average molecular weight is 558 g/mol. The quantitative estimate of drug-likeness (QED) is 0.198. The van der Waals surface area contributed by atoms with Gasteiger partial charge in [0.15, 0.2) is 29.3 Å². The summed E-state index contributed by atoms with van der Waals surface area (Å²) in [5.74, 6) is -12.0. The lowest BCUT2D eigenvalue weighted by Crippen LogP contribution is -2.48. The number of aromatic nitrogens is 2. The Morgan fingerprint density at radius 1 is 1.11 bits per heavy atom. The average Bonchev–Trinajstić information content (AvgIpc) is 3.30. The largest absolute Gasteiger partial charge is 0.491 e. The number of ether oxygens (including phenoxy) is 1. The number of Topliss-reactive ketones (excluding diaryl/α,β-unsaturated/α-hetero) is 1. The van der Waals surface area contributed by atoms with E-state index in [9.17, 15) is 42.2 Å². The zero-order valence-electron chi connectivity index (χ0n) is 19.8. The monoisotopic (exact) mass is 557 g/mol. The van der Waals surface area contributed by atoms with Gasteiger partial charge in [-0.1, -0.05) is 29.8 Å². The van der Waals surface area contributed by atoms with Gasteiger partial charge < -0.3 is 20.3 Å². The van der Waals surface area contributed by atoms with Crippen LogP contribution in [0, 0.1) is 23.3 Å². The molecular weight excluding hydrogens is 538 g/mol. The second-order valence-electron chi connectivity index (χ2n) is 8.05. The van der Waals surface area contributed by atoms with Crippen LogP contribution in [0.15, 0.2) is 30.3 Å². The van der Waals surface area contributed by atoms with E-state index in [4.69, 9.17) is 11.6 Å². The molecule has 0 spiro atoms. The van der Waals surface area contributed by atoms with Crippen LogP contribution in [0.5, 0.6) is 5.75 Å². The number of benzene rings is 2. The van der Waals surface area contributed by atoms with E-state index in [0.29, 0.717) is 10.2 Å². The number of halogens is 5. The van der Waals surface area contributed by atoms with E-state index in [-0.39, 0.29) is 17.1 Å². The first-order chi connectivity index (χ1) is 17.9. The van der Waals surface area contributed by atoms with Gasteiger partial charge in [-0.15, -0.1) is 0 Å². The molecule has 0 aliphatic carbocycles. The van der Waals surface area contributed by atoms with Gasteiger partial charge >= 0.3 is 5.97 Å². The van der Waals surface area contributed by atoms with Crippen LogP contribution in [0.25, 0.3) is 0 Å². The summed E-state index contributed by atoms with van der Waals surface area (Å²) in [6.07, 6.45) is -2.36. The molecule has 3 rings (SSSR count). The summed E-state index contributed by atoms with van der Waals surface area (Å²) in [5.41, 5.74) is -1.64. The number of methoxy groups -OCH3 is 1. The summed E-state index contributed by atoms with van der Waals surface area (Å²) in [4.78, 5) is 36.5. The van der Waals surface area contributed by atoms with E-state index in [0.717, 1.165) is 20.1 Å². The van der Waals surface area contributed by atoms with Gasteiger partial charge in [-0.2, -0.15) is 13.9 Å². The molecule has 1 heterocycles. The molecule has 38 heavy (non-hydrogen) atoms. The maximum atomic E-state index is 14.6. The molecule has 0 aliphatic heterocycles. The number of rotatable bonds is 10. The Kier molecular flexibility index (Phi) is 8.74. The highest BCUT2D eigenvalue weighted by atomic mass is 35.5. The topological polar surface area (TPSA) is 131 Å². The Morgan fingerprint density at radius 2 is 1.71 bits per heavy atom. The molecule has 14 heteroatoms. The molecule has 0 aliphatic rings. The van der Waals surface area contributed by atoms with Gasteiger partial charge in [-0.25, -0.2) is 13.6 Å². The minimum absolute atomic E-state index is 0.225. The molecule has 0 saturated carbocycles. The number of hydrogen-bond acceptors (Lipinski definition) is 6. The molecule has 0 fully saturated rings. The highest BCUT2D eigenvalue weighted by molar-refractivity contribution is 6.31. The number of ketones is 1. The number of carboxylic acids is 1. The lowest BCUT2D eigenvalue weighted by atomic mass is 10.0. The molecule has 2 atom stereocenters. The molecule has 0 radical (unpaired) electrons. The number of aliphatic hydroxyl groups excluding tert-OH is 1. The van der Waals surface area contributed by atoms with Gasteiger partial charge in [0.2, 0.25) is 11.6 Å². The summed E-state index contributed by atoms with van der Waals surface area (Å²) in [6.45, 7) is 0.0405. The molecule has 202 valence electrons. The Bertz CT molecular complexity index is 1390. The third-order valence-electron chi connectivity index (χ3n) is 5.55. The molecule has 0 unspecified atom stereocenters. The maximum Gasteiger partial charge on any atom is 0.334 e. The summed E-state index contributed by atoms with van der Waals surface area (Å²) in [7, 11) is 0.805. The zero-order chi connectivity index (χ0) is 28.3. The highest BCUT2D eigenvalue weighted by Crippen LogP contribution is 2.30. The first-order valence-corrected chi connectivity index (χ1v) is 11.2. The van der Waals surface area contributed by atoms with Crippen molar-refractivity contribution in [2.75, 3.05) is 7.11 Å². The van der Waals surface area contributed by atoms with Crippen molar-refractivity contribution in [2.45, 2.75) is 32.0 Å². The number of nitrogens with zero attached hydrogens (tertiary/aromatic N) is 2. The van der Waals surface area contributed by atoms with Gasteiger partial charge in [-0.05, 0) is 18.1 Å². The highest BCUT2D eigenvalue weighted by Gasteiger charge is 2.31. The fraction of sp³-hybridized carbons (Fsp3) is 0.250. The van der Waals surface area contributed by atoms with Crippen LogP contribution >= 0.6 is 11.6 Å². The molecule has 3 aromatic rings. The summed E-state index contributed by atoms with van der Waals surface area (Å²) in [5, 5.41) is 25.8. The van der Waals surface area contributed by atoms with Crippen molar-refractivity contribution in [3.05, 3.63) is 81.1 Å². The van der Waals surface area contributed by atoms with E-state index >= 15 is 0 Å². The second-order valence-corrected chi connectivity index (χ2v) is 8.46. The van der Waals surface area contributed by atoms with Crippen LogP contribution < -0.4 is 10.1 Å². The van der Waals surface area contributed by atoms with E-state index in [1.807, 2.05) is 0 Å². The van der Waals surface area contributed by atoms with Gasteiger partial charge in [-0.3, -0.25) is 14.3 Å². The molecule has 0 saturated heterocycles. The number of nitrogens with one attached hydrogen (secondary N) is 1. The standard InChI is InChI=1S/C24H20ClF4N3O6/c1-10(33)14-8-16(32(31-14)9-12-17(26)19(28)22(38-2)20(29)18(12)27)23(35)30-15(21(34)24(36)37)7-11-5-3-4-6-13(11)25/h3-6,8,15,21,34H,7,9H2,1-2H3,(H,30,35)(H,36,37)/t15-,21-/m1/s1. The van der Waals surface area contributed by atoms with E-state index < -0.39 is 76.6 Å². The van der Waals surface area contributed by atoms with Gasteiger partial charge in [0.1, 0.15) is 11.4 Å². The smallest absolute Gasteiger partial charge is 0.334 e. The van der Waals surface area contributed by atoms with Crippen molar-refractivity contribution in [1.29, 1.82) is 0 Å². The second kappa shape index (κ2) is 11.6. The molecule has 1 amide bonds. The van der Waals surface area contributed by atoms with Crippen LogP contribution in [-0.2, 0) is 17.8 Å². The van der Waals surface area contributed by atoms with Crippen LogP contribution in [-0.4, -0.2) is 56.9 Å². The molecular formula is C24H20ClF4N3O6. The third-order valence-corrected chi connectivity index (χ3v) is 5.92. The summed E-state index contributed by atoms with van der Waals surface area (Å²) >= 11 is 6.10. The SMILES string of the molecule is COc1c(F)c(F)c(Cn2nc(C(C)=O)cc2C(=O)N[C@H](Cc2ccccc2Cl)[C@@H](O)C(=O)O)c(F)c1F. The number of aliphatic hydroxyl groups is 1. The predicted molar refractivity (Wildman–Crippen MR) is 124 cm³/mol. The predicted octanol–water partition coefficient (Wildman–Crippen LogP) is 3.14. The molecule has 9 nitrogen and oxygen atoms in total. The first-order valence-electron chi connectivity index (χ1n) is 10.8. The fourth-order valence-electron chi connectivity index (χ4n) is 3.57. The lowest BCUT2D eigenvalue weighted by molar-refractivity contribution is -0.148. The minimum atomic E-state index is -2.11. The summed E-state index contributed by atoms with van der Waals surface area (Å²) < 4.78 is 62.5. The maximum absolute atomic E-state index is 14.6. The van der Waals surface area contributed by atoms with Gasteiger partial charge in [0, 0.05) is 18.0 Å². The van der Waals surface area contributed by atoms with Crippen molar-refractivity contribution >= 4 is 29.3 Å². The van der Waals surface area contributed by atoms with E-state index in [1.54, 1.807) is 12.1 Å². The number of carbonyl (C=O) groups is 3. The number of amides is 1. The number of carboxylic acid groups (broad SMARTS) is 1. The number of carbonyl (C=O) groups excluding carboxylic acids is 2. The van der Waals surface area contributed by atoms with Crippen LogP contribution in [0.3, 0.4) is 0 Å². The summed E-state index contributed by atoms with van der Waals surface area (Å²) in [6, 6.07) is 5.71. The van der Waals surface area contributed by atoms with Crippen molar-refractivity contribution in [3.63, 3.8) is 0 Å². The fourth-order valence-corrected chi connectivity index (χ4v) is 3.79. The lowest BCUT2D eigenvalue weighted by Gasteiger charge is -2.22. The van der Waals surface area contributed by atoms with Crippen molar-refractivity contribution in [3.8, 4) is 5.75 Å². The Hall–Kier alpha value is -3.97. The molecule has 0 bridgehead atoms. The molecule has 1 aromatic heterocycles. The third kappa shape index (κ3) is 5.78. The van der Waals surface area contributed by atoms with E-state index in [1.165, 1.54) is 12.1 Å². The Balaban J connectivity index is 2.02. The van der Waals surface area contributed by atoms with Crippen LogP contribution in [0.1, 0.15) is 39.0 Å². The van der Waals surface area contributed by atoms with Crippen molar-refractivity contribution in [2.24, 2.45) is 0 Å². The minimum Gasteiger partial charge on any atom is -0.491 e. The van der Waals surface area contributed by atoms with Gasteiger partial charge in [0.05, 0.1) is 25.3 Å². The number of hydrogen-bond donors (Lipinski definition) is 3. The Morgan fingerprint density at radius 3 is 2.24 bits per heavy atom. The van der Waals surface area contributed by atoms with Gasteiger partial charge in [0.25, 0.3) is 5.91 Å². The van der Waals surface area contributed by atoms with Crippen LogP contribution in [0.4, 0.5) is 17.6 Å². The van der Waals surface area contributed by atoms with Crippen molar-refractivity contribution < 1.29 is 46.9 Å². The molecule has 2 aromatic carbocycles. The Labute approximate surface area is 217 Å². The number of aliphatic carboxylic acids is 1. The van der Waals surface area contributed by atoms with Crippen molar-refractivity contribution in [1.82, 2.24) is 15.1 Å². The van der Waals surface area contributed by atoms with E-state index in [2.05, 4.69) is 15.2 Å². The normalized spacial score (nSPS) is 12.6. The first kappa shape index (κ1) is 28.6. The zero-order valence-corrected chi connectivity index (χ0v) is 20.5. The van der Waals surface area contributed by atoms with Crippen LogP contribution in [0.2, 0.25) is 5.02 Å². The molecule has 3 N–H and O–H groups in total.